The van der Waals surface area contributed by atoms with Gasteiger partial charge in [-0.05, 0) is 13.8 Å². The second kappa shape index (κ2) is 5.40. The summed E-state index contributed by atoms with van der Waals surface area (Å²) in [6.45, 7) is 4.54. The Kier molecular flexibility index (Phi) is 3.83. The summed E-state index contributed by atoms with van der Waals surface area (Å²) >= 11 is 0. The van der Waals surface area contributed by atoms with Gasteiger partial charge in [-0.25, -0.2) is 4.39 Å². The van der Waals surface area contributed by atoms with Crippen LogP contribution < -0.4 is 15.8 Å². The van der Waals surface area contributed by atoms with Gasteiger partial charge in [0.15, 0.2) is 11.6 Å². The highest BCUT2D eigenvalue weighted by Gasteiger charge is 2.11. The predicted molar refractivity (Wildman–Crippen MR) is 77.4 cm³/mol. The maximum Gasteiger partial charge on any atom is 0.167 e. The molecule has 0 saturated carbocycles. The van der Waals surface area contributed by atoms with Crippen molar-refractivity contribution in [1.82, 2.24) is 9.78 Å². The molecule has 0 aliphatic heterocycles. The minimum Gasteiger partial charge on any atom is -0.494 e. The molecular formula is C14H19FN4O. The topological polar surface area (TPSA) is 65.1 Å². The summed E-state index contributed by atoms with van der Waals surface area (Å²) in [6.07, 6.45) is 0. The van der Waals surface area contributed by atoms with E-state index in [0.29, 0.717) is 17.9 Å². The third kappa shape index (κ3) is 2.54. The Morgan fingerprint density at radius 3 is 2.65 bits per heavy atom. The molecule has 2 aromatic rings. The molecule has 1 aromatic carbocycles. The molecule has 0 aliphatic rings. The molecule has 0 atom stereocenters. The Hall–Kier alpha value is -2.24. The molecule has 1 heterocycles. The van der Waals surface area contributed by atoms with Crippen molar-refractivity contribution in [3.05, 3.63) is 34.9 Å². The highest BCUT2D eigenvalue weighted by atomic mass is 19.1. The predicted octanol–water partition coefficient (Wildman–Crippen LogP) is 2.38. The number of methoxy groups -OCH3 is 1. The third-order valence-corrected chi connectivity index (χ3v) is 3.44. The molecule has 0 spiro atoms. The molecule has 0 radical (unpaired) electrons. The van der Waals surface area contributed by atoms with Crippen molar-refractivity contribution < 1.29 is 9.13 Å². The van der Waals surface area contributed by atoms with Crippen LogP contribution in [-0.4, -0.2) is 16.9 Å². The van der Waals surface area contributed by atoms with Gasteiger partial charge in [-0.3, -0.25) is 4.68 Å². The van der Waals surface area contributed by atoms with Crippen LogP contribution in [0.5, 0.6) is 5.75 Å². The van der Waals surface area contributed by atoms with E-state index >= 15 is 0 Å². The normalized spacial score (nSPS) is 10.7. The molecule has 1 aromatic heterocycles. The number of halogens is 1. The average Bonchev–Trinajstić information content (AvgIpc) is 2.63. The largest absolute Gasteiger partial charge is 0.494 e. The lowest BCUT2D eigenvalue weighted by Gasteiger charge is -2.12. The first-order valence-corrected chi connectivity index (χ1v) is 6.30. The molecule has 3 N–H and O–H groups in total. The van der Waals surface area contributed by atoms with Crippen LogP contribution in [0.25, 0.3) is 0 Å². The highest BCUT2D eigenvalue weighted by Crippen LogP contribution is 2.28. The van der Waals surface area contributed by atoms with Gasteiger partial charge in [0.1, 0.15) is 0 Å². The van der Waals surface area contributed by atoms with Crippen LogP contribution in [0.2, 0.25) is 0 Å². The second-order valence-electron chi connectivity index (χ2n) is 4.70. The first-order chi connectivity index (χ1) is 9.43. The summed E-state index contributed by atoms with van der Waals surface area (Å²) in [4.78, 5) is 0. The number of nitrogens with two attached hydrogens (primary N) is 1. The number of aryl methyl sites for hydroxylation is 2. The van der Waals surface area contributed by atoms with Crippen molar-refractivity contribution in [3.8, 4) is 5.75 Å². The van der Waals surface area contributed by atoms with Gasteiger partial charge < -0.3 is 15.8 Å². The van der Waals surface area contributed by atoms with Gasteiger partial charge in [0, 0.05) is 37.0 Å². The van der Waals surface area contributed by atoms with Gasteiger partial charge in [-0.15, -0.1) is 0 Å². The Labute approximate surface area is 117 Å². The van der Waals surface area contributed by atoms with Crippen LogP contribution in [0.15, 0.2) is 12.1 Å². The second-order valence-corrected chi connectivity index (χ2v) is 4.70. The maximum atomic E-state index is 13.5. The van der Waals surface area contributed by atoms with Gasteiger partial charge in [-0.1, -0.05) is 0 Å². The highest BCUT2D eigenvalue weighted by molar-refractivity contribution is 5.68. The summed E-state index contributed by atoms with van der Waals surface area (Å²) in [5.41, 5.74) is 9.96. The van der Waals surface area contributed by atoms with Crippen LogP contribution in [0.3, 0.4) is 0 Å². The lowest BCUT2D eigenvalue weighted by Crippen LogP contribution is -2.05. The summed E-state index contributed by atoms with van der Waals surface area (Å²) in [5, 5.41) is 7.56. The zero-order valence-corrected chi connectivity index (χ0v) is 12.1. The van der Waals surface area contributed by atoms with E-state index in [1.807, 2.05) is 25.6 Å². The molecule has 0 aliphatic carbocycles. The van der Waals surface area contributed by atoms with Gasteiger partial charge in [0.25, 0.3) is 0 Å². The number of hydrogen-bond acceptors (Lipinski definition) is 4. The van der Waals surface area contributed by atoms with E-state index in [9.17, 15) is 4.39 Å². The molecule has 108 valence electrons. The van der Waals surface area contributed by atoms with E-state index in [2.05, 4.69) is 10.4 Å². The number of nitrogens with zero attached hydrogens (tertiary/aromatic N) is 2. The van der Waals surface area contributed by atoms with Crippen LogP contribution >= 0.6 is 0 Å². The van der Waals surface area contributed by atoms with E-state index in [1.165, 1.54) is 13.2 Å². The number of anilines is 2. The van der Waals surface area contributed by atoms with Crippen molar-refractivity contribution in [2.24, 2.45) is 7.05 Å². The van der Waals surface area contributed by atoms with Gasteiger partial charge in [-0.2, -0.15) is 5.10 Å². The van der Waals surface area contributed by atoms with Crippen molar-refractivity contribution in [1.29, 1.82) is 0 Å². The van der Waals surface area contributed by atoms with Gasteiger partial charge in [0.05, 0.1) is 24.2 Å². The Bertz CT molecular complexity index is 637. The molecule has 0 amide bonds. The zero-order valence-electron chi connectivity index (χ0n) is 12.1. The number of benzene rings is 1. The number of ether oxygens (including phenoxy) is 1. The van der Waals surface area contributed by atoms with Crippen LogP contribution in [-0.2, 0) is 13.6 Å². The van der Waals surface area contributed by atoms with Crippen LogP contribution in [0, 0.1) is 19.7 Å². The molecule has 0 unspecified atom stereocenters. The minimum absolute atomic E-state index is 0.168. The fraction of sp³-hybridized carbons (Fsp3) is 0.357. The van der Waals surface area contributed by atoms with Gasteiger partial charge >= 0.3 is 0 Å². The van der Waals surface area contributed by atoms with Crippen LogP contribution in [0.1, 0.15) is 17.0 Å². The summed E-state index contributed by atoms with van der Waals surface area (Å²) in [5.74, 6) is -0.300. The molecule has 0 bridgehead atoms. The van der Waals surface area contributed by atoms with E-state index in [4.69, 9.17) is 10.5 Å². The number of nitrogen functional groups attached to an aromatic ring is 1. The Morgan fingerprint density at radius 2 is 2.10 bits per heavy atom. The first-order valence-electron chi connectivity index (χ1n) is 6.30. The molecule has 6 heteroatoms. The molecule has 0 saturated heterocycles. The van der Waals surface area contributed by atoms with Crippen LogP contribution in [0.4, 0.5) is 15.8 Å². The van der Waals surface area contributed by atoms with Crippen molar-refractivity contribution in [2.45, 2.75) is 20.4 Å². The monoisotopic (exact) mass is 278 g/mol. The summed E-state index contributed by atoms with van der Waals surface area (Å²) in [6, 6.07) is 2.82. The number of rotatable bonds is 4. The van der Waals surface area contributed by atoms with E-state index in [-0.39, 0.29) is 5.75 Å². The Balaban J connectivity index is 2.23. The standard InChI is InChI=1S/C14H19FN4O/c1-8-10(9(2)19(3)18-8)7-17-13-6-14(20-4)11(15)5-12(13)16/h5-6,17H,7,16H2,1-4H3. The third-order valence-electron chi connectivity index (χ3n) is 3.44. The van der Waals surface area contributed by atoms with Gasteiger partial charge in [0.2, 0.25) is 0 Å². The SMILES string of the molecule is COc1cc(NCc2c(C)nn(C)c2C)c(N)cc1F. The lowest BCUT2D eigenvalue weighted by molar-refractivity contribution is 0.387. The quantitative estimate of drug-likeness (QED) is 0.843. The maximum absolute atomic E-state index is 13.5. The van der Waals surface area contributed by atoms with E-state index in [1.54, 1.807) is 6.07 Å². The lowest BCUT2D eigenvalue weighted by atomic mass is 10.2. The fourth-order valence-electron chi connectivity index (χ4n) is 2.14. The molecule has 20 heavy (non-hydrogen) atoms. The summed E-state index contributed by atoms with van der Waals surface area (Å²) < 4.78 is 20.3. The zero-order chi connectivity index (χ0) is 14.9. The molecule has 0 fully saturated rings. The number of hydrogen-bond donors (Lipinski definition) is 2. The molecule has 5 nitrogen and oxygen atoms in total. The number of nitrogens with one attached hydrogen (secondary N) is 1. The van der Waals surface area contributed by atoms with Crippen molar-refractivity contribution in [3.63, 3.8) is 0 Å². The Morgan fingerprint density at radius 1 is 1.40 bits per heavy atom. The smallest absolute Gasteiger partial charge is 0.167 e. The molecular weight excluding hydrogens is 259 g/mol. The van der Waals surface area contributed by atoms with E-state index in [0.717, 1.165) is 17.0 Å². The average molecular weight is 278 g/mol. The van der Waals surface area contributed by atoms with Crippen molar-refractivity contribution in [2.75, 3.05) is 18.2 Å². The van der Waals surface area contributed by atoms with E-state index < -0.39 is 5.82 Å². The van der Waals surface area contributed by atoms with Crippen molar-refractivity contribution >= 4 is 11.4 Å². The molecule has 2 rings (SSSR count). The summed E-state index contributed by atoms with van der Waals surface area (Å²) in [7, 11) is 3.33. The number of aromatic nitrogens is 2. The fourth-order valence-corrected chi connectivity index (χ4v) is 2.14. The minimum atomic E-state index is -0.468. The first kappa shape index (κ1) is 14.2.